The van der Waals surface area contributed by atoms with E-state index in [0.717, 1.165) is 36.1 Å². The summed E-state index contributed by atoms with van der Waals surface area (Å²) in [5.74, 6) is -0.325. The minimum absolute atomic E-state index is 0.184. The van der Waals surface area contributed by atoms with Crippen LogP contribution in [-0.2, 0) is 14.3 Å². The Kier molecular flexibility index (Phi) is 7.63. The zero-order chi connectivity index (χ0) is 17.4. The van der Waals surface area contributed by atoms with E-state index in [4.69, 9.17) is 4.74 Å². The van der Waals surface area contributed by atoms with Crippen LogP contribution in [0.1, 0.15) is 51.0 Å². The zero-order valence-corrected chi connectivity index (χ0v) is 15.4. The highest BCUT2D eigenvalue weighted by Crippen LogP contribution is 2.22. The SMILES string of the molecule is Cc1ccccc1SCC(=O)O[C@@H](C)C(=O)NC1CCCCCC1. The van der Waals surface area contributed by atoms with Crippen molar-refractivity contribution in [2.75, 3.05) is 5.75 Å². The van der Waals surface area contributed by atoms with E-state index in [1.54, 1.807) is 6.92 Å². The van der Waals surface area contributed by atoms with E-state index in [0.29, 0.717) is 0 Å². The van der Waals surface area contributed by atoms with Crippen LogP contribution in [-0.4, -0.2) is 29.8 Å². The van der Waals surface area contributed by atoms with Gasteiger partial charge in [-0.1, -0.05) is 43.9 Å². The topological polar surface area (TPSA) is 55.4 Å². The number of nitrogens with one attached hydrogen (secondary N) is 1. The molecule has 1 aromatic rings. The lowest BCUT2D eigenvalue weighted by molar-refractivity contribution is -0.152. The van der Waals surface area contributed by atoms with Crippen molar-refractivity contribution in [1.82, 2.24) is 5.32 Å². The van der Waals surface area contributed by atoms with Gasteiger partial charge in [0.25, 0.3) is 5.91 Å². The van der Waals surface area contributed by atoms with Gasteiger partial charge in [0.1, 0.15) is 0 Å². The van der Waals surface area contributed by atoms with Crippen LogP contribution >= 0.6 is 11.8 Å². The van der Waals surface area contributed by atoms with Crippen LogP contribution in [0.3, 0.4) is 0 Å². The van der Waals surface area contributed by atoms with Crippen molar-refractivity contribution < 1.29 is 14.3 Å². The van der Waals surface area contributed by atoms with Crippen LogP contribution in [0, 0.1) is 6.92 Å². The number of ether oxygens (including phenoxy) is 1. The van der Waals surface area contributed by atoms with Crippen molar-refractivity contribution in [2.45, 2.75) is 69.4 Å². The molecule has 0 spiro atoms. The van der Waals surface area contributed by atoms with Crippen molar-refractivity contribution in [3.05, 3.63) is 29.8 Å². The lowest BCUT2D eigenvalue weighted by Crippen LogP contribution is -2.42. The van der Waals surface area contributed by atoms with Crippen LogP contribution in [0.25, 0.3) is 0 Å². The Morgan fingerprint density at radius 1 is 1.21 bits per heavy atom. The van der Waals surface area contributed by atoms with Crippen molar-refractivity contribution in [2.24, 2.45) is 0 Å². The lowest BCUT2D eigenvalue weighted by Gasteiger charge is -2.19. The van der Waals surface area contributed by atoms with Crippen molar-refractivity contribution in [1.29, 1.82) is 0 Å². The van der Waals surface area contributed by atoms with Gasteiger partial charge in [0.15, 0.2) is 6.10 Å². The molecule has 1 N–H and O–H groups in total. The van der Waals surface area contributed by atoms with Crippen molar-refractivity contribution in [3.8, 4) is 0 Å². The molecule has 0 radical (unpaired) electrons. The molecule has 0 bridgehead atoms. The first-order valence-electron chi connectivity index (χ1n) is 8.74. The summed E-state index contributed by atoms with van der Waals surface area (Å²) in [6, 6.07) is 8.13. The zero-order valence-electron chi connectivity index (χ0n) is 14.5. The monoisotopic (exact) mass is 349 g/mol. The highest BCUT2D eigenvalue weighted by Gasteiger charge is 2.21. The minimum Gasteiger partial charge on any atom is -0.452 e. The van der Waals surface area contributed by atoms with E-state index >= 15 is 0 Å². The van der Waals surface area contributed by atoms with Gasteiger partial charge in [0, 0.05) is 10.9 Å². The molecule has 132 valence electrons. The Hall–Kier alpha value is -1.49. The highest BCUT2D eigenvalue weighted by atomic mass is 32.2. The second-order valence-corrected chi connectivity index (χ2v) is 7.40. The number of carbonyl (C=O) groups excluding carboxylic acids is 2. The molecule has 0 aliphatic heterocycles. The Morgan fingerprint density at radius 2 is 1.88 bits per heavy atom. The minimum atomic E-state index is -0.738. The fraction of sp³-hybridized carbons (Fsp3) is 0.579. The van der Waals surface area contributed by atoms with Gasteiger partial charge in [0.2, 0.25) is 0 Å². The molecule has 1 saturated carbocycles. The molecule has 1 fully saturated rings. The summed E-state index contributed by atoms with van der Waals surface area (Å²) >= 11 is 1.44. The smallest absolute Gasteiger partial charge is 0.317 e. The van der Waals surface area contributed by atoms with Gasteiger partial charge >= 0.3 is 5.97 Å². The van der Waals surface area contributed by atoms with Gasteiger partial charge in [-0.05, 0) is 38.3 Å². The summed E-state index contributed by atoms with van der Waals surface area (Å²) in [4.78, 5) is 25.2. The number of benzene rings is 1. The summed E-state index contributed by atoms with van der Waals surface area (Å²) in [7, 11) is 0. The second kappa shape index (κ2) is 9.72. The molecule has 5 heteroatoms. The summed E-state index contributed by atoms with van der Waals surface area (Å²) in [6.45, 7) is 3.65. The number of aryl methyl sites for hydroxylation is 1. The van der Waals surface area contributed by atoms with Gasteiger partial charge in [-0.15, -0.1) is 11.8 Å². The number of hydrogen-bond donors (Lipinski definition) is 1. The third kappa shape index (κ3) is 6.19. The van der Waals surface area contributed by atoms with Crippen LogP contribution in [0.15, 0.2) is 29.2 Å². The van der Waals surface area contributed by atoms with E-state index in [2.05, 4.69) is 5.32 Å². The Balaban J connectivity index is 1.74. The molecule has 0 aromatic heterocycles. The quantitative estimate of drug-likeness (QED) is 0.481. The molecule has 4 nitrogen and oxygen atoms in total. The normalized spacial score (nSPS) is 16.9. The van der Waals surface area contributed by atoms with Gasteiger partial charge in [-0.3, -0.25) is 9.59 Å². The predicted octanol–water partition coefficient (Wildman–Crippen LogP) is 3.86. The highest BCUT2D eigenvalue weighted by molar-refractivity contribution is 8.00. The molecule has 0 heterocycles. The van der Waals surface area contributed by atoms with Crippen LogP contribution in [0.4, 0.5) is 0 Å². The third-order valence-corrected chi connectivity index (χ3v) is 5.47. The van der Waals surface area contributed by atoms with Crippen LogP contribution in [0.2, 0.25) is 0 Å². The maximum absolute atomic E-state index is 12.2. The number of esters is 1. The van der Waals surface area contributed by atoms with Crippen LogP contribution < -0.4 is 5.32 Å². The van der Waals surface area contributed by atoms with Gasteiger partial charge in [0.05, 0.1) is 5.75 Å². The molecule has 1 aromatic carbocycles. The Labute approximate surface area is 148 Å². The number of rotatable bonds is 6. The number of thioether (sulfide) groups is 1. The summed E-state index contributed by atoms with van der Waals surface area (Å²) < 4.78 is 5.27. The Bertz CT molecular complexity index is 553. The molecule has 0 saturated heterocycles. The summed E-state index contributed by atoms with van der Waals surface area (Å²) in [5.41, 5.74) is 1.13. The largest absolute Gasteiger partial charge is 0.452 e. The second-order valence-electron chi connectivity index (χ2n) is 6.38. The third-order valence-electron chi connectivity index (χ3n) is 4.32. The van der Waals surface area contributed by atoms with Crippen molar-refractivity contribution >= 4 is 23.6 Å². The maximum atomic E-state index is 12.2. The summed E-state index contributed by atoms with van der Waals surface area (Å²) in [5, 5.41) is 3.02. The molecule has 1 amide bonds. The standard InChI is InChI=1S/C19H27NO3S/c1-14-9-7-8-12-17(14)24-13-18(21)23-15(2)19(22)20-16-10-5-3-4-6-11-16/h7-9,12,15-16H,3-6,10-11,13H2,1-2H3,(H,20,22)/t15-/m0/s1. The number of amides is 1. The first kappa shape index (κ1) is 18.8. The molecule has 1 aliphatic rings. The molecule has 0 unspecified atom stereocenters. The average Bonchev–Trinajstić information content (AvgIpc) is 2.82. The van der Waals surface area contributed by atoms with E-state index in [-0.39, 0.29) is 23.7 Å². The van der Waals surface area contributed by atoms with E-state index in [1.807, 2.05) is 31.2 Å². The number of carbonyl (C=O) groups is 2. The molecular formula is C19H27NO3S. The van der Waals surface area contributed by atoms with Crippen molar-refractivity contribution in [3.63, 3.8) is 0 Å². The first-order valence-corrected chi connectivity index (χ1v) is 9.73. The molecule has 2 rings (SSSR count). The number of hydrogen-bond acceptors (Lipinski definition) is 4. The van der Waals surface area contributed by atoms with Crippen LogP contribution in [0.5, 0.6) is 0 Å². The molecule has 1 atom stereocenters. The van der Waals surface area contributed by atoms with Gasteiger partial charge in [-0.2, -0.15) is 0 Å². The molecule has 24 heavy (non-hydrogen) atoms. The fourth-order valence-corrected chi connectivity index (χ4v) is 3.69. The predicted molar refractivity (Wildman–Crippen MR) is 97.1 cm³/mol. The molecular weight excluding hydrogens is 322 g/mol. The van der Waals surface area contributed by atoms with Gasteiger partial charge < -0.3 is 10.1 Å². The summed E-state index contributed by atoms with van der Waals surface area (Å²) in [6.07, 6.45) is 6.11. The Morgan fingerprint density at radius 3 is 2.54 bits per heavy atom. The average molecular weight is 349 g/mol. The maximum Gasteiger partial charge on any atom is 0.317 e. The molecule has 1 aliphatic carbocycles. The van der Waals surface area contributed by atoms with E-state index in [9.17, 15) is 9.59 Å². The lowest BCUT2D eigenvalue weighted by atomic mass is 10.1. The van der Waals surface area contributed by atoms with E-state index < -0.39 is 6.10 Å². The fourth-order valence-electron chi connectivity index (χ4n) is 2.88. The first-order chi connectivity index (χ1) is 11.6. The van der Waals surface area contributed by atoms with Gasteiger partial charge in [-0.25, -0.2) is 0 Å². The van der Waals surface area contributed by atoms with E-state index in [1.165, 1.54) is 24.6 Å².